The summed E-state index contributed by atoms with van der Waals surface area (Å²) in [6.45, 7) is 6.39. The van der Waals surface area contributed by atoms with Gasteiger partial charge in [0.1, 0.15) is 0 Å². The summed E-state index contributed by atoms with van der Waals surface area (Å²) in [7, 11) is 2.20. The molecule has 122 valence electrons. The van der Waals surface area contributed by atoms with Gasteiger partial charge in [-0.2, -0.15) is 0 Å². The molecule has 0 N–H and O–H groups in total. The van der Waals surface area contributed by atoms with Crippen LogP contribution in [0.2, 0.25) is 0 Å². The van der Waals surface area contributed by atoms with E-state index in [-0.39, 0.29) is 0 Å². The van der Waals surface area contributed by atoms with Crippen LogP contribution in [0.3, 0.4) is 0 Å². The molecule has 4 rings (SSSR count). The predicted molar refractivity (Wildman–Crippen MR) is 101 cm³/mol. The van der Waals surface area contributed by atoms with E-state index in [0.717, 1.165) is 25.1 Å². The molecule has 24 heavy (non-hydrogen) atoms. The van der Waals surface area contributed by atoms with E-state index in [4.69, 9.17) is 0 Å². The number of rotatable bonds is 2. The number of likely N-dealkylation sites (N-methyl/N-ethyl adjacent to an activating group) is 1. The van der Waals surface area contributed by atoms with Crippen molar-refractivity contribution in [3.05, 3.63) is 64.6 Å². The monoisotopic (exact) mass is 317 g/mol. The molecule has 2 aromatic heterocycles. The SMILES string of the molecule is Cc1cncc(/C=C/n2c3c(c4cc(C)ccc42)CN(C)CC3)c1. The lowest BCUT2D eigenvalue weighted by Gasteiger charge is -2.23. The van der Waals surface area contributed by atoms with Crippen molar-refractivity contribution >= 4 is 23.2 Å². The van der Waals surface area contributed by atoms with Gasteiger partial charge in [0.25, 0.3) is 0 Å². The third-order valence-corrected chi connectivity index (χ3v) is 4.85. The van der Waals surface area contributed by atoms with Gasteiger partial charge in [-0.1, -0.05) is 11.6 Å². The van der Waals surface area contributed by atoms with Gasteiger partial charge in [-0.3, -0.25) is 4.98 Å². The summed E-state index contributed by atoms with van der Waals surface area (Å²) in [6, 6.07) is 8.95. The Hall–Kier alpha value is -2.39. The van der Waals surface area contributed by atoms with Crippen LogP contribution in [0.4, 0.5) is 0 Å². The van der Waals surface area contributed by atoms with E-state index in [1.165, 1.54) is 33.3 Å². The molecule has 0 spiro atoms. The molecular weight excluding hydrogens is 294 g/mol. The van der Waals surface area contributed by atoms with Crippen LogP contribution < -0.4 is 0 Å². The second kappa shape index (κ2) is 5.91. The van der Waals surface area contributed by atoms with E-state index in [2.05, 4.69) is 71.9 Å². The molecule has 0 amide bonds. The second-order valence-electron chi connectivity index (χ2n) is 6.91. The van der Waals surface area contributed by atoms with Gasteiger partial charge in [0.2, 0.25) is 0 Å². The Kier molecular flexibility index (Phi) is 3.73. The lowest BCUT2D eigenvalue weighted by Crippen LogP contribution is -2.26. The first-order valence-electron chi connectivity index (χ1n) is 8.52. The number of pyridine rings is 1. The maximum absolute atomic E-state index is 4.29. The number of aromatic nitrogens is 2. The summed E-state index contributed by atoms with van der Waals surface area (Å²) < 4.78 is 2.37. The maximum atomic E-state index is 4.29. The minimum atomic E-state index is 1.03. The van der Waals surface area contributed by atoms with Crippen molar-refractivity contribution in [3.8, 4) is 0 Å². The molecular formula is C21H23N3. The molecule has 0 bridgehead atoms. The molecule has 0 saturated heterocycles. The van der Waals surface area contributed by atoms with E-state index in [1.54, 1.807) is 0 Å². The highest BCUT2D eigenvalue weighted by Gasteiger charge is 2.21. The first-order valence-corrected chi connectivity index (χ1v) is 8.52. The van der Waals surface area contributed by atoms with Crippen LogP contribution >= 0.6 is 0 Å². The topological polar surface area (TPSA) is 21.1 Å². The Morgan fingerprint density at radius 1 is 1.08 bits per heavy atom. The fraction of sp³-hybridized carbons (Fsp3) is 0.286. The van der Waals surface area contributed by atoms with Crippen LogP contribution in [0, 0.1) is 13.8 Å². The fourth-order valence-corrected chi connectivity index (χ4v) is 3.64. The molecule has 0 unspecified atom stereocenters. The van der Waals surface area contributed by atoms with Gasteiger partial charge in [-0.15, -0.1) is 0 Å². The van der Waals surface area contributed by atoms with Crippen LogP contribution in [0.15, 0.2) is 36.7 Å². The van der Waals surface area contributed by atoms with E-state index < -0.39 is 0 Å². The van der Waals surface area contributed by atoms with Crippen LogP contribution in [-0.2, 0) is 13.0 Å². The number of hydrogen-bond acceptors (Lipinski definition) is 2. The maximum Gasteiger partial charge on any atom is 0.0528 e. The van der Waals surface area contributed by atoms with Crippen molar-refractivity contribution < 1.29 is 0 Å². The highest BCUT2D eigenvalue weighted by molar-refractivity contribution is 5.89. The number of hydrogen-bond donors (Lipinski definition) is 0. The van der Waals surface area contributed by atoms with Crippen LogP contribution in [0.5, 0.6) is 0 Å². The average Bonchev–Trinajstić information content (AvgIpc) is 2.85. The highest BCUT2D eigenvalue weighted by atomic mass is 15.1. The minimum Gasteiger partial charge on any atom is -0.320 e. The zero-order chi connectivity index (χ0) is 16.7. The molecule has 1 aliphatic heterocycles. The van der Waals surface area contributed by atoms with Crippen molar-refractivity contribution in [2.75, 3.05) is 13.6 Å². The van der Waals surface area contributed by atoms with Gasteiger partial charge < -0.3 is 9.47 Å². The van der Waals surface area contributed by atoms with Crippen molar-refractivity contribution in [1.29, 1.82) is 0 Å². The molecule has 0 radical (unpaired) electrons. The molecule has 0 saturated carbocycles. The van der Waals surface area contributed by atoms with E-state index in [9.17, 15) is 0 Å². The minimum absolute atomic E-state index is 1.03. The van der Waals surface area contributed by atoms with Crippen molar-refractivity contribution in [1.82, 2.24) is 14.5 Å². The summed E-state index contributed by atoms with van der Waals surface area (Å²) in [4.78, 5) is 6.69. The first kappa shape index (κ1) is 15.2. The fourth-order valence-electron chi connectivity index (χ4n) is 3.64. The lowest BCUT2D eigenvalue weighted by atomic mass is 10.0. The van der Waals surface area contributed by atoms with Crippen molar-refractivity contribution in [3.63, 3.8) is 0 Å². The zero-order valence-corrected chi connectivity index (χ0v) is 14.6. The molecule has 3 heteroatoms. The van der Waals surface area contributed by atoms with Crippen LogP contribution in [0.25, 0.3) is 23.2 Å². The summed E-state index contributed by atoms with van der Waals surface area (Å²) >= 11 is 0. The largest absolute Gasteiger partial charge is 0.320 e. The molecule has 3 nitrogen and oxygen atoms in total. The Morgan fingerprint density at radius 2 is 1.96 bits per heavy atom. The van der Waals surface area contributed by atoms with E-state index in [1.807, 2.05) is 12.4 Å². The number of benzene rings is 1. The number of nitrogens with zero attached hydrogens (tertiary/aromatic N) is 3. The molecule has 1 aliphatic rings. The Morgan fingerprint density at radius 3 is 2.79 bits per heavy atom. The van der Waals surface area contributed by atoms with Gasteiger partial charge in [0, 0.05) is 49.2 Å². The third-order valence-electron chi connectivity index (χ3n) is 4.85. The van der Waals surface area contributed by atoms with E-state index >= 15 is 0 Å². The molecule has 3 aromatic rings. The summed E-state index contributed by atoms with van der Waals surface area (Å²) in [5, 5.41) is 1.39. The summed E-state index contributed by atoms with van der Waals surface area (Å²) in [6.07, 6.45) is 9.27. The lowest BCUT2D eigenvalue weighted by molar-refractivity contribution is 0.312. The molecule has 1 aromatic carbocycles. The number of aryl methyl sites for hydroxylation is 2. The van der Waals surface area contributed by atoms with E-state index in [0.29, 0.717) is 0 Å². The van der Waals surface area contributed by atoms with Gasteiger partial charge >= 0.3 is 0 Å². The molecule has 0 fully saturated rings. The van der Waals surface area contributed by atoms with Crippen molar-refractivity contribution in [2.45, 2.75) is 26.8 Å². The number of fused-ring (bicyclic) bond motifs is 3. The smallest absolute Gasteiger partial charge is 0.0528 e. The predicted octanol–water partition coefficient (Wildman–Crippen LogP) is 4.27. The second-order valence-corrected chi connectivity index (χ2v) is 6.91. The standard InChI is InChI=1S/C21H23N3/c1-15-4-5-20-18(11-15)19-14-23(3)8-7-21(19)24(20)9-6-17-10-16(2)12-22-13-17/h4-6,9-13H,7-8,14H2,1-3H3/b9-6+. The quantitative estimate of drug-likeness (QED) is 0.704. The Labute approximate surface area is 143 Å². The van der Waals surface area contributed by atoms with Crippen molar-refractivity contribution in [2.24, 2.45) is 0 Å². The molecule has 3 heterocycles. The normalized spacial score (nSPS) is 15.3. The van der Waals surface area contributed by atoms with Gasteiger partial charge in [-0.25, -0.2) is 0 Å². The Bertz CT molecular complexity index is 934. The molecule has 0 atom stereocenters. The summed E-state index contributed by atoms with van der Waals surface area (Å²) in [5.41, 5.74) is 7.89. The molecule has 0 aliphatic carbocycles. The van der Waals surface area contributed by atoms with Gasteiger partial charge in [-0.05, 0) is 61.9 Å². The summed E-state index contributed by atoms with van der Waals surface area (Å²) in [5.74, 6) is 0. The third kappa shape index (κ3) is 2.65. The first-order chi connectivity index (χ1) is 11.6. The van der Waals surface area contributed by atoms with Crippen LogP contribution in [-0.4, -0.2) is 28.0 Å². The Balaban J connectivity index is 1.86. The van der Waals surface area contributed by atoms with Crippen LogP contribution in [0.1, 0.15) is 27.9 Å². The van der Waals surface area contributed by atoms with Gasteiger partial charge in [0.05, 0.1) is 5.52 Å². The highest BCUT2D eigenvalue weighted by Crippen LogP contribution is 2.31. The van der Waals surface area contributed by atoms with Gasteiger partial charge in [0.15, 0.2) is 0 Å². The zero-order valence-electron chi connectivity index (χ0n) is 14.6. The average molecular weight is 317 g/mol.